The molecule has 0 amide bonds. The number of nitrogens with one attached hydrogen (secondary N) is 1. The van der Waals surface area contributed by atoms with E-state index in [0.717, 1.165) is 17.7 Å². The minimum absolute atomic E-state index is 0.116. The minimum Gasteiger partial charge on any atom is -0.308 e. The second-order valence-electron chi connectivity index (χ2n) is 4.81. The van der Waals surface area contributed by atoms with Crippen LogP contribution in [0.5, 0.6) is 0 Å². The van der Waals surface area contributed by atoms with E-state index in [9.17, 15) is 8.78 Å². The molecule has 1 aromatic heterocycles. The van der Waals surface area contributed by atoms with Crippen molar-refractivity contribution in [3.8, 4) is 0 Å². The fourth-order valence-corrected chi connectivity index (χ4v) is 4.09. The molecular formula is C15H15F2NS. The molecule has 1 aliphatic carbocycles. The molecule has 100 valence electrons. The number of aryl methyl sites for hydroxylation is 2. The highest BCUT2D eigenvalue weighted by atomic mass is 32.1. The number of rotatable bonds is 3. The Morgan fingerprint density at radius 1 is 1.21 bits per heavy atom. The lowest BCUT2D eigenvalue weighted by molar-refractivity contribution is 0.524. The minimum atomic E-state index is -0.493. The molecule has 1 atom stereocenters. The summed E-state index contributed by atoms with van der Waals surface area (Å²) in [5.41, 5.74) is 1.46. The second kappa shape index (κ2) is 5.02. The Balaban J connectivity index is 2.04. The highest BCUT2D eigenvalue weighted by molar-refractivity contribution is 7.12. The van der Waals surface area contributed by atoms with Crippen molar-refractivity contribution in [2.45, 2.75) is 25.3 Å². The van der Waals surface area contributed by atoms with Crippen molar-refractivity contribution in [1.29, 1.82) is 0 Å². The van der Waals surface area contributed by atoms with Crippen molar-refractivity contribution in [3.63, 3.8) is 0 Å². The topological polar surface area (TPSA) is 12.0 Å². The van der Waals surface area contributed by atoms with Crippen LogP contribution < -0.4 is 5.32 Å². The Morgan fingerprint density at radius 2 is 1.95 bits per heavy atom. The van der Waals surface area contributed by atoms with E-state index in [1.807, 2.05) is 0 Å². The quantitative estimate of drug-likeness (QED) is 0.900. The van der Waals surface area contributed by atoms with Crippen LogP contribution in [-0.2, 0) is 12.8 Å². The van der Waals surface area contributed by atoms with Gasteiger partial charge in [-0.15, -0.1) is 11.3 Å². The van der Waals surface area contributed by atoms with Crippen LogP contribution in [0.3, 0.4) is 0 Å². The van der Waals surface area contributed by atoms with E-state index < -0.39 is 17.7 Å². The average molecular weight is 279 g/mol. The molecule has 19 heavy (non-hydrogen) atoms. The van der Waals surface area contributed by atoms with Gasteiger partial charge in [-0.2, -0.15) is 0 Å². The van der Waals surface area contributed by atoms with Gasteiger partial charge in [0, 0.05) is 15.3 Å². The zero-order valence-electron chi connectivity index (χ0n) is 10.7. The summed E-state index contributed by atoms with van der Waals surface area (Å²) in [5, 5.41) is 3.04. The molecular weight excluding hydrogens is 264 g/mol. The first kappa shape index (κ1) is 12.8. The summed E-state index contributed by atoms with van der Waals surface area (Å²) in [6.45, 7) is 0. The third kappa shape index (κ3) is 2.19. The molecule has 1 N–H and O–H groups in total. The van der Waals surface area contributed by atoms with Gasteiger partial charge in [0.2, 0.25) is 0 Å². The Bertz CT molecular complexity index is 564. The summed E-state index contributed by atoms with van der Waals surface area (Å²) in [5.74, 6) is -0.985. The van der Waals surface area contributed by atoms with Crippen LogP contribution >= 0.6 is 11.3 Å². The van der Waals surface area contributed by atoms with Gasteiger partial charge in [-0.1, -0.05) is 6.07 Å². The maximum absolute atomic E-state index is 13.9. The molecule has 0 spiro atoms. The normalized spacial score (nSPS) is 15.5. The fourth-order valence-electron chi connectivity index (χ4n) is 2.71. The first-order chi connectivity index (χ1) is 9.20. The van der Waals surface area contributed by atoms with Crippen molar-refractivity contribution >= 4 is 11.3 Å². The molecule has 0 aliphatic heterocycles. The van der Waals surface area contributed by atoms with Crippen LogP contribution in [0, 0.1) is 11.6 Å². The van der Waals surface area contributed by atoms with Crippen LogP contribution in [0.25, 0.3) is 0 Å². The van der Waals surface area contributed by atoms with E-state index in [2.05, 4.69) is 11.4 Å². The van der Waals surface area contributed by atoms with Gasteiger partial charge in [-0.3, -0.25) is 0 Å². The molecule has 0 fully saturated rings. The fraction of sp³-hybridized carbons (Fsp3) is 0.333. The number of hydrogen-bond acceptors (Lipinski definition) is 2. The zero-order valence-corrected chi connectivity index (χ0v) is 11.5. The predicted octanol–water partition coefficient (Wildman–Crippen LogP) is 3.82. The van der Waals surface area contributed by atoms with Gasteiger partial charge < -0.3 is 5.32 Å². The van der Waals surface area contributed by atoms with Gasteiger partial charge in [-0.25, -0.2) is 8.78 Å². The first-order valence-electron chi connectivity index (χ1n) is 6.43. The van der Waals surface area contributed by atoms with E-state index in [-0.39, 0.29) is 5.56 Å². The number of benzene rings is 1. The summed E-state index contributed by atoms with van der Waals surface area (Å²) in [7, 11) is 1.74. The highest BCUT2D eigenvalue weighted by Crippen LogP contribution is 2.37. The third-order valence-corrected chi connectivity index (χ3v) is 4.93. The largest absolute Gasteiger partial charge is 0.308 e. The van der Waals surface area contributed by atoms with Crippen molar-refractivity contribution in [3.05, 3.63) is 56.8 Å². The van der Waals surface area contributed by atoms with E-state index in [4.69, 9.17) is 0 Å². The van der Waals surface area contributed by atoms with Crippen molar-refractivity contribution in [2.24, 2.45) is 0 Å². The summed E-state index contributed by atoms with van der Waals surface area (Å²) in [6, 6.07) is 5.71. The molecule has 0 radical (unpaired) electrons. The maximum Gasteiger partial charge on any atom is 0.131 e. The van der Waals surface area contributed by atoms with E-state index in [1.165, 1.54) is 35.1 Å². The SMILES string of the molecule is CNC(c1cc2c(s1)CCC2)c1c(F)cccc1F. The second-order valence-corrected chi connectivity index (χ2v) is 5.98. The summed E-state index contributed by atoms with van der Waals surface area (Å²) < 4.78 is 27.8. The van der Waals surface area contributed by atoms with E-state index in [0.29, 0.717) is 0 Å². The number of halogens is 2. The molecule has 0 saturated heterocycles. The first-order valence-corrected chi connectivity index (χ1v) is 7.25. The van der Waals surface area contributed by atoms with Crippen molar-refractivity contribution in [2.75, 3.05) is 7.05 Å². The Labute approximate surface area is 115 Å². The smallest absolute Gasteiger partial charge is 0.131 e. The summed E-state index contributed by atoms with van der Waals surface area (Å²) in [6.07, 6.45) is 3.37. The molecule has 0 saturated carbocycles. The molecule has 2 aromatic rings. The Hall–Kier alpha value is -1.26. The molecule has 1 unspecified atom stereocenters. The van der Waals surface area contributed by atoms with Gasteiger partial charge >= 0.3 is 0 Å². The average Bonchev–Trinajstić information content (AvgIpc) is 2.94. The highest BCUT2D eigenvalue weighted by Gasteiger charge is 2.24. The van der Waals surface area contributed by atoms with E-state index in [1.54, 1.807) is 18.4 Å². The van der Waals surface area contributed by atoms with Gasteiger partial charge in [0.05, 0.1) is 6.04 Å². The third-order valence-electron chi connectivity index (χ3n) is 3.63. The molecule has 3 rings (SSSR count). The molecule has 4 heteroatoms. The number of hydrogen-bond donors (Lipinski definition) is 1. The number of thiophene rings is 1. The standard InChI is InChI=1S/C15H15F2NS/c1-18-15(14-10(16)5-3-6-11(14)17)13-8-9-4-2-7-12(9)19-13/h3,5-6,8,15,18H,2,4,7H2,1H3. The van der Waals surface area contributed by atoms with Crippen LogP contribution in [0.1, 0.15) is 33.3 Å². The lowest BCUT2D eigenvalue weighted by Gasteiger charge is -2.16. The van der Waals surface area contributed by atoms with Gasteiger partial charge in [0.1, 0.15) is 11.6 Å². The Morgan fingerprint density at radius 3 is 2.58 bits per heavy atom. The lowest BCUT2D eigenvalue weighted by atomic mass is 10.0. The molecule has 1 heterocycles. The van der Waals surface area contributed by atoms with E-state index >= 15 is 0 Å². The van der Waals surface area contributed by atoms with Gasteiger partial charge in [0.25, 0.3) is 0 Å². The molecule has 0 bridgehead atoms. The summed E-state index contributed by atoms with van der Waals surface area (Å²) >= 11 is 1.67. The van der Waals surface area contributed by atoms with Crippen LogP contribution in [0.4, 0.5) is 8.78 Å². The summed E-state index contributed by atoms with van der Waals surface area (Å²) in [4.78, 5) is 2.36. The van der Waals surface area contributed by atoms with Crippen LogP contribution in [0.2, 0.25) is 0 Å². The van der Waals surface area contributed by atoms with Gasteiger partial charge in [0.15, 0.2) is 0 Å². The Kier molecular flexibility index (Phi) is 3.37. The zero-order chi connectivity index (χ0) is 13.4. The monoisotopic (exact) mass is 279 g/mol. The predicted molar refractivity (Wildman–Crippen MR) is 73.6 cm³/mol. The molecule has 1 aliphatic rings. The lowest BCUT2D eigenvalue weighted by Crippen LogP contribution is -2.19. The number of fused-ring (bicyclic) bond motifs is 1. The van der Waals surface area contributed by atoms with Crippen LogP contribution in [-0.4, -0.2) is 7.05 Å². The van der Waals surface area contributed by atoms with Crippen LogP contribution in [0.15, 0.2) is 24.3 Å². The van der Waals surface area contributed by atoms with Crippen molar-refractivity contribution < 1.29 is 8.78 Å². The molecule has 1 aromatic carbocycles. The maximum atomic E-state index is 13.9. The molecule has 1 nitrogen and oxygen atoms in total. The van der Waals surface area contributed by atoms with Gasteiger partial charge in [-0.05, 0) is 50.1 Å². The van der Waals surface area contributed by atoms with Crippen molar-refractivity contribution in [1.82, 2.24) is 5.32 Å².